The molecule has 0 saturated carbocycles. The van der Waals surface area contributed by atoms with Crippen molar-refractivity contribution in [1.82, 2.24) is 9.55 Å². The van der Waals surface area contributed by atoms with Crippen LogP contribution < -0.4 is 9.64 Å². The lowest BCUT2D eigenvalue weighted by molar-refractivity contribution is 0.0890. The maximum Gasteiger partial charge on any atom is 0.304 e. The monoisotopic (exact) mass is 407 g/mol. The summed E-state index contributed by atoms with van der Waals surface area (Å²) in [6.45, 7) is 5.58. The van der Waals surface area contributed by atoms with Gasteiger partial charge in [0.1, 0.15) is 0 Å². The molecule has 4 rings (SSSR count). The summed E-state index contributed by atoms with van der Waals surface area (Å²) >= 11 is 0. The molecule has 3 aromatic rings. The highest BCUT2D eigenvalue weighted by Crippen LogP contribution is 2.27. The Balaban J connectivity index is 1.48. The zero-order valence-corrected chi connectivity index (χ0v) is 17.5. The van der Waals surface area contributed by atoms with E-state index in [2.05, 4.69) is 40.2 Å². The molecule has 0 amide bonds. The van der Waals surface area contributed by atoms with E-state index in [1.54, 1.807) is 4.57 Å². The normalized spacial score (nSPS) is 14.2. The Morgan fingerprint density at radius 3 is 2.67 bits per heavy atom. The van der Waals surface area contributed by atoms with Crippen LogP contribution in [-0.4, -0.2) is 48.4 Å². The summed E-state index contributed by atoms with van der Waals surface area (Å²) in [6.07, 6.45) is 3.28. The molecule has 2 aromatic carbocycles. The van der Waals surface area contributed by atoms with Gasteiger partial charge in [-0.2, -0.15) is 4.98 Å². The first-order valence-corrected chi connectivity index (χ1v) is 10.8. The lowest BCUT2D eigenvalue weighted by Gasteiger charge is -2.28. The Labute approximate surface area is 177 Å². The van der Waals surface area contributed by atoms with E-state index in [1.807, 2.05) is 25.1 Å². The van der Waals surface area contributed by atoms with E-state index < -0.39 is 0 Å². The molecule has 1 aromatic heterocycles. The number of fused-ring (bicyclic) bond motifs is 1. The van der Waals surface area contributed by atoms with Crippen molar-refractivity contribution in [3.05, 3.63) is 54.1 Å². The third-order valence-corrected chi connectivity index (χ3v) is 5.46. The van der Waals surface area contributed by atoms with E-state index in [-0.39, 0.29) is 5.91 Å². The summed E-state index contributed by atoms with van der Waals surface area (Å²) in [5, 5.41) is 0. The van der Waals surface area contributed by atoms with Crippen LogP contribution in [0.5, 0.6) is 6.01 Å². The van der Waals surface area contributed by atoms with Gasteiger partial charge in [0, 0.05) is 25.2 Å². The number of ether oxygens (including phenoxy) is 2. The fourth-order valence-electron chi connectivity index (χ4n) is 3.89. The molecule has 1 aliphatic heterocycles. The number of carbonyl (C=O) groups excluding carboxylic acids is 1. The number of aromatic nitrogens is 2. The van der Waals surface area contributed by atoms with Gasteiger partial charge in [0.15, 0.2) is 0 Å². The zero-order chi connectivity index (χ0) is 20.8. The van der Waals surface area contributed by atoms with Gasteiger partial charge < -0.3 is 14.4 Å². The van der Waals surface area contributed by atoms with E-state index in [4.69, 9.17) is 9.47 Å². The molecule has 0 atom stereocenters. The number of imidazole rings is 1. The molecule has 0 radical (unpaired) electrons. The van der Waals surface area contributed by atoms with Crippen LogP contribution in [0.15, 0.2) is 48.5 Å². The molecular formula is C24H29N3O3. The Morgan fingerprint density at radius 2 is 1.90 bits per heavy atom. The van der Waals surface area contributed by atoms with E-state index in [9.17, 15) is 4.79 Å². The number of aryl methyl sites for hydroxylation is 1. The third-order valence-electron chi connectivity index (χ3n) is 5.46. The average molecular weight is 408 g/mol. The third kappa shape index (κ3) is 4.65. The number of hydrogen-bond donors (Lipinski definition) is 0. The second-order valence-electron chi connectivity index (χ2n) is 7.52. The number of unbranched alkanes of at least 4 members (excludes halogenated alkanes) is 1. The zero-order valence-electron chi connectivity index (χ0n) is 17.5. The van der Waals surface area contributed by atoms with Crippen LogP contribution in [-0.2, 0) is 11.2 Å². The van der Waals surface area contributed by atoms with Crippen LogP contribution >= 0.6 is 0 Å². The van der Waals surface area contributed by atoms with Gasteiger partial charge in [0.2, 0.25) is 5.91 Å². The Kier molecular flexibility index (Phi) is 6.64. The summed E-state index contributed by atoms with van der Waals surface area (Å²) in [7, 11) is 0. The average Bonchev–Trinajstić information content (AvgIpc) is 3.15. The molecular weight excluding hydrogens is 378 g/mol. The van der Waals surface area contributed by atoms with Crippen molar-refractivity contribution in [3.8, 4) is 6.01 Å². The smallest absolute Gasteiger partial charge is 0.304 e. The van der Waals surface area contributed by atoms with E-state index >= 15 is 0 Å². The first-order valence-electron chi connectivity index (χ1n) is 10.8. The Hall–Kier alpha value is -2.86. The van der Waals surface area contributed by atoms with Gasteiger partial charge in [-0.3, -0.25) is 4.79 Å². The van der Waals surface area contributed by atoms with Gasteiger partial charge >= 0.3 is 6.01 Å². The highest BCUT2D eigenvalue weighted by Gasteiger charge is 2.19. The molecule has 6 nitrogen and oxygen atoms in total. The Bertz CT molecular complexity index is 978. The van der Waals surface area contributed by atoms with E-state index in [0.717, 1.165) is 62.3 Å². The minimum Gasteiger partial charge on any atom is -0.465 e. The molecule has 30 heavy (non-hydrogen) atoms. The van der Waals surface area contributed by atoms with Crippen molar-refractivity contribution in [2.24, 2.45) is 0 Å². The first kappa shape index (κ1) is 20.4. The van der Waals surface area contributed by atoms with Crippen LogP contribution in [0, 0.1) is 0 Å². The van der Waals surface area contributed by atoms with Crippen molar-refractivity contribution in [3.63, 3.8) is 0 Å². The first-order chi connectivity index (χ1) is 14.8. The molecule has 0 bridgehead atoms. The molecule has 158 valence electrons. The van der Waals surface area contributed by atoms with Crippen LogP contribution in [0.4, 0.5) is 5.69 Å². The summed E-state index contributed by atoms with van der Waals surface area (Å²) < 4.78 is 12.8. The van der Waals surface area contributed by atoms with Crippen molar-refractivity contribution < 1.29 is 14.3 Å². The maximum atomic E-state index is 13.0. The molecule has 0 unspecified atom stereocenters. The summed E-state index contributed by atoms with van der Waals surface area (Å²) in [5.41, 5.74) is 4.01. The Morgan fingerprint density at radius 1 is 1.10 bits per heavy atom. The molecule has 1 saturated heterocycles. The van der Waals surface area contributed by atoms with Gasteiger partial charge in [-0.05, 0) is 49.9 Å². The molecule has 6 heteroatoms. The van der Waals surface area contributed by atoms with Crippen LogP contribution in [0.2, 0.25) is 0 Å². The molecule has 0 N–H and O–H groups in total. The van der Waals surface area contributed by atoms with Crippen molar-refractivity contribution in [2.45, 2.75) is 32.6 Å². The van der Waals surface area contributed by atoms with Gasteiger partial charge in [-0.1, -0.05) is 30.3 Å². The number of nitrogens with zero attached hydrogens (tertiary/aromatic N) is 3. The minimum atomic E-state index is 0.0353. The van der Waals surface area contributed by atoms with E-state index in [1.165, 1.54) is 5.56 Å². The van der Waals surface area contributed by atoms with Crippen LogP contribution in [0.1, 0.15) is 36.5 Å². The van der Waals surface area contributed by atoms with Gasteiger partial charge in [-0.25, -0.2) is 4.57 Å². The number of rotatable bonds is 8. The number of morpholine rings is 1. The highest BCUT2D eigenvalue weighted by atomic mass is 16.5. The SMILES string of the molecule is CCOc1nc2cc(N3CCOCC3)ccc2n1C(=O)CCCCc1ccccc1. The maximum absolute atomic E-state index is 13.0. The van der Waals surface area contributed by atoms with Crippen molar-refractivity contribution >= 4 is 22.6 Å². The molecule has 2 heterocycles. The molecule has 1 aliphatic rings. The predicted molar refractivity (Wildman–Crippen MR) is 119 cm³/mol. The standard InChI is InChI=1S/C24H29N3O3/c1-2-30-24-25-21-18-20(26-14-16-29-17-15-26)12-13-22(21)27(24)23(28)11-7-6-10-19-8-4-3-5-9-19/h3-5,8-9,12-13,18H,2,6-7,10-11,14-17H2,1H3. The van der Waals surface area contributed by atoms with Gasteiger partial charge in [-0.15, -0.1) is 0 Å². The molecule has 1 fully saturated rings. The second-order valence-corrected chi connectivity index (χ2v) is 7.52. The van der Waals surface area contributed by atoms with Crippen molar-refractivity contribution in [1.29, 1.82) is 0 Å². The van der Waals surface area contributed by atoms with Gasteiger partial charge in [0.05, 0.1) is 30.9 Å². The molecule has 0 aliphatic carbocycles. The minimum absolute atomic E-state index is 0.0353. The van der Waals surface area contributed by atoms with Crippen molar-refractivity contribution in [2.75, 3.05) is 37.8 Å². The van der Waals surface area contributed by atoms with Gasteiger partial charge in [0.25, 0.3) is 0 Å². The summed E-state index contributed by atoms with van der Waals surface area (Å²) in [4.78, 5) is 19.9. The highest BCUT2D eigenvalue weighted by molar-refractivity contribution is 5.93. The predicted octanol–water partition coefficient (Wildman–Crippen LogP) is 4.32. The lowest BCUT2D eigenvalue weighted by Crippen LogP contribution is -2.36. The quantitative estimate of drug-likeness (QED) is 0.521. The molecule has 0 spiro atoms. The van der Waals surface area contributed by atoms with Crippen LogP contribution in [0.3, 0.4) is 0 Å². The lowest BCUT2D eigenvalue weighted by atomic mass is 10.1. The fraction of sp³-hybridized carbons (Fsp3) is 0.417. The van der Waals surface area contributed by atoms with Crippen LogP contribution in [0.25, 0.3) is 11.0 Å². The van der Waals surface area contributed by atoms with E-state index in [0.29, 0.717) is 19.0 Å². The second kappa shape index (κ2) is 9.76. The number of carbonyl (C=O) groups is 1. The number of hydrogen-bond acceptors (Lipinski definition) is 5. The summed E-state index contributed by atoms with van der Waals surface area (Å²) in [6, 6.07) is 16.9. The fourth-order valence-corrected chi connectivity index (χ4v) is 3.89. The number of benzene rings is 2. The summed E-state index contributed by atoms with van der Waals surface area (Å²) in [5.74, 6) is 0.0353. The largest absolute Gasteiger partial charge is 0.465 e. The number of anilines is 1. The topological polar surface area (TPSA) is 56.6 Å².